The molecule has 2 amide bonds. The number of nitrogens with one attached hydrogen (secondary N) is 1. The molecule has 0 aliphatic carbocycles. The minimum absolute atomic E-state index is 0.108. The minimum atomic E-state index is -0.530. The third-order valence-corrected chi connectivity index (χ3v) is 4.72. The van der Waals surface area contributed by atoms with E-state index in [1.165, 1.54) is 0 Å². The van der Waals surface area contributed by atoms with E-state index in [2.05, 4.69) is 10.3 Å². The van der Waals surface area contributed by atoms with E-state index in [4.69, 9.17) is 0 Å². The van der Waals surface area contributed by atoms with Gasteiger partial charge in [-0.2, -0.15) is 0 Å². The Kier molecular flexibility index (Phi) is 4.39. The fourth-order valence-electron chi connectivity index (χ4n) is 3.36. The molecule has 4 rings (SSSR count). The highest BCUT2D eigenvalue weighted by Crippen LogP contribution is 2.16. The lowest BCUT2D eigenvalue weighted by molar-refractivity contribution is -0.124. The number of nitrogens with zero attached hydrogens (tertiary/aromatic N) is 3. The number of amides is 2. The fourth-order valence-corrected chi connectivity index (χ4v) is 3.36. The molecule has 1 aliphatic heterocycles. The van der Waals surface area contributed by atoms with Crippen molar-refractivity contribution in [2.75, 3.05) is 13.1 Å². The highest BCUT2D eigenvalue weighted by molar-refractivity contribution is 5.97. The van der Waals surface area contributed by atoms with Crippen LogP contribution >= 0.6 is 0 Å². The molecule has 1 N–H and O–H groups in total. The molecule has 6 nitrogen and oxygen atoms in total. The first-order valence-corrected chi connectivity index (χ1v) is 8.78. The Morgan fingerprint density at radius 2 is 2.04 bits per heavy atom. The smallest absolute Gasteiger partial charge is 0.273 e. The van der Waals surface area contributed by atoms with E-state index in [0.717, 1.165) is 17.5 Å². The van der Waals surface area contributed by atoms with Crippen LogP contribution in [0.3, 0.4) is 0 Å². The van der Waals surface area contributed by atoms with Gasteiger partial charge in [0.2, 0.25) is 5.91 Å². The quantitative estimate of drug-likeness (QED) is 0.786. The molecule has 0 spiro atoms. The number of hydrogen-bond acceptors (Lipinski definition) is 3. The zero-order chi connectivity index (χ0) is 17.9. The molecule has 1 unspecified atom stereocenters. The van der Waals surface area contributed by atoms with Crippen molar-refractivity contribution in [2.45, 2.75) is 18.9 Å². The van der Waals surface area contributed by atoms with Gasteiger partial charge in [0.15, 0.2) is 0 Å². The van der Waals surface area contributed by atoms with Gasteiger partial charge in [0.25, 0.3) is 5.91 Å². The molecular formula is C20H20N4O2. The van der Waals surface area contributed by atoms with Gasteiger partial charge in [-0.15, -0.1) is 0 Å². The highest BCUT2D eigenvalue weighted by atomic mass is 16.2. The summed E-state index contributed by atoms with van der Waals surface area (Å²) in [5, 5.41) is 2.92. The van der Waals surface area contributed by atoms with Crippen LogP contribution in [0.25, 0.3) is 5.52 Å². The summed E-state index contributed by atoms with van der Waals surface area (Å²) < 4.78 is 1.85. The first-order chi connectivity index (χ1) is 12.7. The van der Waals surface area contributed by atoms with E-state index in [9.17, 15) is 9.59 Å². The summed E-state index contributed by atoms with van der Waals surface area (Å²) in [5.74, 6) is -0.310. The van der Waals surface area contributed by atoms with Gasteiger partial charge in [-0.25, -0.2) is 4.98 Å². The summed E-state index contributed by atoms with van der Waals surface area (Å²) in [6.45, 7) is 1.11. The van der Waals surface area contributed by atoms with Crippen molar-refractivity contribution < 1.29 is 9.59 Å². The van der Waals surface area contributed by atoms with E-state index in [0.29, 0.717) is 25.2 Å². The van der Waals surface area contributed by atoms with E-state index < -0.39 is 6.04 Å². The number of carbonyl (C=O) groups is 2. The largest absolute Gasteiger partial charge is 0.354 e. The SMILES string of the molecule is O=C1NCCCN(C(=O)c2cc3cccn3cn2)C1Cc1ccccc1. The Morgan fingerprint density at radius 3 is 2.88 bits per heavy atom. The van der Waals surface area contributed by atoms with Crippen LogP contribution in [0.15, 0.2) is 61.1 Å². The van der Waals surface area contributed by atoms with Crippen LogP contribution < -0.4 is 5.32 Å². The second-order valence-electron chi connectivity index (χ2n) is 6.46. The summed E-state index contributed by atoms with van der Waals surface area (Å²) in [5.41, 5.74) is 2.30. The Bertz CT molecular complexity index is 935. The zero-order valence-corrected chi connectivity index (χ0v) is 14.3. The van der Waals surface area contributed by atoms with Gasteiger partial charge in [0.05, 0.1) is 6.33 Å². The van der Waals surface area contributed by atoms with E-state index >= 15 is 0 Å². The Morgan fingerprint density at radius 1 is 1.19 bits per heavy atom. The van der Waals surface area contributed by atoms with Crippen molar-refractivity contribution in [3.05, 3.63) is 72.3 Å². The molecule has 132 valence electrons. The van der Waals surface area contributed by atoms with Crippen LogP contribution in [0, 0.1) is 0 Å². The van der Waals surface area contributed by atoms with Crippen LogP contribution in [0.4, 0.5) is 0 Å². The number of rotatable bonds is 3. The van der Waals surface area contributed by atoms with Crippen molar-refractivity contribution in [3.8, 4) is 0 Å². The van der Waals surface area contributed by atoms with Crippen LogP contribution in [0.1, 0.15) is 22.5 Å². The third-order valence-electron chi connectivity index (χ3n) is 4.72. The van der Waals surface area contributed by atoms with Gasteiger partial charge in [-0.05, 0) is 30.2 Å². The van der Waals surface area contributed by atoms with Gasteiger partial charge in [-0.1, -0.05) is 30.3 Å². The van der Waals surface area contributed by atoms with Crippen LogP contribution in [-0.2, 0) is 11.2 Å². The molecule has 6 heteroatoms. The molecule has 0 bridgehead atoms. The summed E-state index contributed by atoms with van der Waals surface area (Å²) in [6.07, 6.45) is 4.74. The first kappa shape index (κ1) is 16.3. The molecule has 2 aromatic heterocycles. The maximum Gasteiger partial charge on any atom is 0.273 e. The van der Waals surface area contributed by atoms with E-state index in [1.807, 2.05) is 53.1 Å². The molecule has 0 saturated carbocycles. The third kappa shape index (κ3) is 3.18. The second kappa shape index (κ2) is 7.00. The van der Waals surface area contributed by atoms with E-state index in [1.54, 1.807) is 17.3 Å². The molecule has 3 aromatic rings. The van der Waals surface area contributed by atoms with Crippen molar-refractivity contribution in [1.82, 2.24) is 19.6 Å². The normalized spacial score (nSPS) is 17.8. The predicted octanol–water partition coefficient (Wildman–Crippen LogP) is 1.91. The van der Waals surface area contributed by atoms with Crippen molar-refractivity contribution in [1.29, 1.82) is 0 Å². The van der Waals surface area contributed by atoms with E-state index in [-0.39, 0.29) is 11.8 Å². The molecular weight excluding hydrogens is 328 g/mol. The number of aromatic nitrogens is 2. The molecule has 1 saturated heterocycles. The average Bonchev–Trinajstić information content (AvgIpc) is 3.07. The molecule has 1 aliphatic rings. The Balaban J connectivity index is 1.65. The number of fused-ring (bicyclic) bond motifs is 1. The summed E-state index contributed by atoms with van der Waals surface area (Å²) in [7, 11) is 0. The maximum atomic E-state index is 13.1. The lowest BCUT2D eigenvalue weighted by Crippen LogP contribution is -2.48. The lowest BCUT2D eigenvalue weighted by Gasteiger charge is -2.28. The molecule has 1 atom stereocenters. The minimum Gasteiger partial charge on any atom is -0.354 e. The molecule has 1 fully saturated rings. The van der Waals surface area contributed by atoms with Gasteiger partial charge < -0.3 is 14.6 Å². The van der Waals surface area contributed by atoms with Crippen molar-refractivity contribution >= 4 is 17.3 Å². The summed E-state index contributed by atoms with van der Waals surface area (Å²) >= 11 is 0. The van der Waals surface area contributed by atoms with Gasteiger partial charge in [0.1, 0.15) is 11.7 Å². The topological polar surface area (TPSA) is 66.7 Å². The molecule has 3 heterocycles. The second-order valence-corrected chi connectivity index (χ2v) is 6.46. The zero-order valence-electron chi connectivity index (χ0n) is 14.3. The monoisotopic (exact) mass is 348 g/mol. The standard InChI is InChI=1S/C20H20N4O2/c25-19-18(12-15-6-2-1-3-7-15)24(11-5-9-21-19)20(26)17-13-16-8-4-10-23(16)14-22-17/h1-4,6-8,10,13-14,18H,5,9,11-12H2,(H,21,25). The number of hydrogen-bond donors (Lipinski definition) is 1. The van der Waals surface area contributed by atoms with Gasteiger partial charge in [0, 0.05) is 31.2 Å². The Labute approximate surface area is 151 Å². The van der Waals surface area contributed by atoms with Crippen LogP contribution in [0.5, 0.6) is 0 Å². The molecule has 26 heavy (non-hydrogen) atoms. The Hall–Kier alpha value is -3.15. The highest BCUT2D eigenvalue weighted by Gasteiger charge is 2.32. The van der Waals surface area contributed by atoms with Crippen LogP contribution in [0.2, 0.25) is 0 Å². The summed E-state index contributed by atoms with van der Waals surface area (Å²) in [4.78, 5) is 31.7. The average molecular weight is 348 g/mol. The van der Waals surface area contributed by atoms with Gasteiger partial charge in [-0.3, -0.25) is 9.59 Å². The number of benzene rings is 1. The van der Waals surface area contributed by atoms with Crippen molar-refractivity contribution in [2.24, 2.45) is 0 Å². The predicted molar refractivity (Wildman–Crippen MR) is 97.8 cm³/mol. The molecule has 0 radical (unpaired) electrons. The number of carbonyl (C=O) groups excluding carboxylic acids is 2. The fraction of sp³-hybridized carbons (Fsp3) is 0.250. The maximum absolute atomic E-state index is 13.1. The first-order valence-electron chi connectivity index (χ1n) is 8.78. The molecule has 1 aromatic carbocycles. The lowest BCUT2D eigenvalue weighted by atomic mass is 10.0. The van der Waals surface area contributed by atoms with Crippen molar-refractivity contribution in [3.63, 3.8) is 0 Å². The summed E-state index contributed by atoms with van der Waals surface area (Å²) in [6, 6.07) is 14.9. The van der Waals surface area contributed by atoms with Crippen LogP contribution in [-0.4, -0.2) is 45.2 Å². The van der Waals surface area contributed by atoms with Gasteiger partial charge >= 0.3 is 0 Å².